The number of hydrogen-bond donors (Lipinski definition) is 2. The summed E-state index contributed by atoms with van der Waals surface area (Å²) in [5.74, 6) is 1.01. The van der Waals surface area contributed by atoms with Crippen molar-refractivity contribution < 1.29 is 4.39 Å². The van der Waals surface area contributed by atoms with Crippen LogP contribution in [0.4, 0.5) is 10.1 Å². The molecule has 1 aromatic carbocycles. The normalized spacial score (nSPS) is 11.7. The molecule has 0 bridgehead atoms. The highest BCUT2D eigenvalue weighted by molar-refractivity contribution is 7.09. The number of nitrogens with zero attached hydrogens (tertiary/aromatic N) is 3. The Morgan fingerprint density at radius 2 is 2.15 bits per heavy atom. The van der Waals surface area contributed by atoms with E-state index < -0.39 is 0 Å². The topological polar surface area (TPSA) is 52.6 Å². The van der Waals surface area contributed by atoms with E-state index in [0.717, 1.165) is 41.9 Å². The van der Waals surface area contributed by atoms with Crippen LogP contribution in [0.5, 0.6) is 0 Å². The Morgan fingerprint density at radius 1 is 1.35 bits per heavy atom. The van der Waals surface area contributed by atoms with Gasteiger partial charge in [-0.3, -0.25) is 4.99 Å². The maximum absolute atomic E-state index is 13.3. The van der Waals surface area contributed by atoms with Crippen LogP contribution in [0.3, 0.4) is 0 Å². The van der Waals surface area contributed by atoms with Crippen LogP contribution in [0.1, 0.15) is 36.9 Å². The molecule has 26 heavy (non-hydrogen) atoms. The lowest BCUT2D eigenvalue weighted by Gasteiger charge is -2.19. The van der Waals surface area contributed by atoms with E-state index in [1.807, 2.05) is 18.0 Å². The van der Waals surface area contributed by atoms with Gasteiger partial charge in [-0.2, -0.15) is 0 Å². The smallest absolute Gasteiger partial charge is 0.191 e. The molecular weight excluding hydrogens is 349 g/mol. The molecule has 5 nitrogen and oxygen atoms in total. The zero-order valence-electron chi connectivity index (χ0n) is 15.9. The number of halogens is 1. The van der Waals surface area contributed by atoms with Crippen molar-refractivity contribution in [1.29, 1.82) is 0 Å². The Balaban J connectivity index is 1.70. The van der Waals surface area contributed by atoms with E-state index in [9.17, 15) is 4.39 Å². The Kier molecular flexibility index (Phi) is 7.84. The van der Waals surface area contributed by atoms with E-state index >= 15 is 0 Å². The molecule has 0 unspecified atom stereocenters. The zero-order valence-corrected chi connectivity index (χ0v) is 16.7. The molecule has 2 rings (SSSR count). The van der Waals surface area contributed by atoms with Gasteiger partial charge in [0.25, 0.3) is 0 Å². The molecule has 2 N–H and O–H groups in total. The van der Waals surface area contributed by atoms with Gasteiger partial charge in [0.2, 0.25) is 0 Å². The van der Waals surface area contributed by atoms with Crippen molar-refractivity contribution >= 4 is 23.0 Å². The van der Waals surface area contributed by atoms with Gasteiger partial charge in [-0.15, -0.1) is 11.3 Å². The minimum absolute atomic E-state index is 0.208. The third-order valence-electron chi connectivity index (χ3n) is 4.00. The Bertz CT molecular complexity index is 713. The fourth-order valence-corrected chi connectivity index (χ4v) is 3.31. The van der Waals surface area contributed by atoms with Crippen LogP contribution in [0.15, 0.2) is 34.6 Å². The second-order valence-corrected chi connectivity index (χ2v) is 7.37. The molecule has 0 saturated heterocycles. The maximum Gasteiger partial charge on any atom is 0.191 e. The van der Waals surface area contributed by atoms with Crippen LogP contribution in [0, 0.1) is 5.82 Å². The molecule has 0 radical (unpaired) electrons. The number of aliphatic imine (C=N–C) groups is 1. The molecule has 7 heteroatoms. The van der Waals surface area contributed by atoms with Gasteiger partial charge >= 0.3 is 0 Å². The standard InChI is InChI=1S/C19H28FN5S/c1-14(2)17-13-26-18(24-17)12-23-19(21-3)22-9-6-10-25(4)16-8-5-7-15(20)11-16/h5,7-8,11,13-14H,6,9-10,12H2,1-4H3,(H2,21,22,23). The number of aromatic nitrogens is 1. The lowest BCUT2D eigenvalue weighted by Crippen LogP contribution is -2.38. The minimum atomic E-state index is -0.208. The van der Waals surface area contributed by atoms with Gasteiger partial charge in [-0.25, -0.2) is 9.37 Å². The molecule has 0 aliphatic carbocycles. The van der Waals surface area contributed by atoms with Crippen LogP contribution in [0.25, 0.3) is 0 Å². The number of nitrogens with one attached hydrogen (secondary N) is 2. The monoisotopic (exact) mass is 377 g/mol. The Morgan fingerprint density at radius 3 is 2.81 bits per heavy atom. The second-order valence-electron chi connectivity index (χ2n) is 6.43. The van der Waals surface area contributed by atoms with Gasteiger partial charge in [-0.05, 0) is 30.5 Å². The number of rotatable bonds is 8. The van der Waals surface area contributed by atoms with Crippen molar-refractivity contribution in [1.82, 2.24) is 15.6 Å². The number of anilines is 1. The summed E-state index contributed by atoms with van der Waals surface area (Å²) in [5, 5.41) is 9.76. The van der Waals surface area contributed by atoms with Gasteiger partial charge < -0.3 is 15.5 Å². The quantitative estimate of drug-likeness (QED) is 0.419. The van der Waals surface area contributed by atoms with Crippen LogP contribution in [0.2, 0.25) is 0 Å². The number of thiazole rings is 1. The van der Waals surface area contributed by atoms with Gasteiger partial charge in [0.1, 0.15) is 10.8 Å². The van der Waals surface area contributed by atoms with Crippen molar-refractivity contribution in [2.75, 3.05) is 32.1 Å². The van der Waals surface area contributed by atoms with Crippen molar-refractivity contribution in [3.8, 4) is 0 Å². The summed E-state index contributed by atoms with van der Waals surface area (Å²) in [5.41, 5.74) is 2.02. The third kappa shape index (κ3) is 6.29. The molecule has 0 aliphatic heterocycles. The minimum Gasteiger partial charge on any atom is -0.374 e. The van der Waals surface area contributed by atoms with Crippen LogP contribution in [-0.4, -0.2) is 38.1 Å². The molecule has 1 heterocycles. The van der Waals surface area contributed by atoms with Gasteiger partial charge in [0.05, 0.1) is 12.2 Å². The maximum atomic E-state index is 13.3. The Hall–Kier alpha value is -2.15. The number of guanidine groups is 1. The largest absolute Gasteiger partial charge is 0.374 e. The fourth-order valence-electron chi connectivity index (χ4n) is 2.42. The van der Waals surface area contributed by atoms with Crippen LogP contribution in [-0.2, 0) is 6.54 Å². The predicted octanol–water partition coefficient (Wildman–Crippen LogP) is 3.60. The molecule has 0 saturated carbocycles. The van der Waals surface area contributed by atoms with E-state index in [-0.39, 0.29) is 5.82 Å². The van der Waals surface area contributed by atoms with Gasteiger partial charge in [0.15, 0.2) is 5.96 Å². The molecule has 0 spiro atoms. The summed E-state index contributed by atoms with van der Waals surface area (Å²) in [6, 6.07) is 6.65. The highest BCUT2D eigenvalue weighted by Gasteiger charge is 2.06. The molecule has 0 atom stereocenters. The van der Waals surface area contributed by atoms with E-state index in [0.29, 0.717) is 12.5 Å². The molecular formula is C19H28FN5S. The van der Waals surface area contributed by atoms with E-state index in [1.54, 1.807) is 30.5 Å². The SMILES string of the molecule is CN=C(NCCCN(C)c1cccc(F)c1)NCc1nc(C(C)C)cs1. The van der Waals surface area contributed by atoms with Gasteiger partial charge in [0, 0.05) is 38.3 Å². The first-order valence-electron chi connectivity index (χ1n) is 8.85. The van der Waals surface area contributed by atoms with Gasteiger partial charge in [-0.1, -0.05) is 19.9 Å². The molecule has 1 aromatic heterocycles. The molecule has 0 amide bonds. The first-order chi connectivity index (χ1) is 12.5. The average Bonchev–Trinajstić information content (AvgIpc) is 3.10. The summed E-state index contributed by atoms with van der Waals surface area (Å²) >= 11 is 1.67. The van der Waals surface area contributed by atoms with Crippen molar-refractivity contribution in [3.05, 3.63) is 46.2 Å². The third-order valence-corrected chi connectivity index (χ3v) is 4.87. The Labute approximate surface area is 159 Å². The fraction of sp³-hybridized carbons (Fsp3) is 0.474. The summed E-state index contributed by atoms with van der Waals surface area (Å²) in [6.45, 7) is 6.58. The number of benzene rings is 1. The van der Waals surface area contributed by atoms with Crippen molar-refractivity contribution in [3.63, 3.8) is 0 Å². The summed E-state index contributed by atoms with van der Waals surface area (Å²) in [6.07, 6.45) is 0.919. The number of hydrogen-bond acceptors (Lipinski definition) is 4. The van der Waals surface area contributed by atoms with Crippen LogP contribution >= 0.6 is 11.3 Å². The van der Waals surface area contributed by atoms with E-state index in [2.05, 4.69) is 39.8 Å². The molecule has 0 fully saturated rings. The summed E-state index contributed by atoms with van der Waals surface area (Å²) in [4.78, 5) is 10.9. The predicted molar refractivity (Wildman–Crippen MR) is 109 cm³/mol. The second kappa shape index (κ2) is 10.1. The first kappa shape index (κ1) is 20.2. The van der Waals surface area contributed by atoms with Crippen LogP contribution < -0.4 is 15.5 Å². The molecule has 0 aliphatic rings. The lowest BCUT2D eigenvalue weighted by molar-refractivity contribution is 0.626. The molecule has 2 aromatic rings. The van der Waals surface area contributed by atoms with Crippen molar-refractivity contribution in [2.45, 2.75) is 32.7 Å². The molecule has 142 valence electrons. The highest BCUT2D eigenvalue weighted by atomic mass is 32.1. The highest BCUT2D eigenvalue weighted by Crippen LogP contribution is 2.17. The lowest BCUT2D eigenvalue weighted by atomic mass is 10.2. The van der Waals surface area contributed by atoms with E-state index in [1.165, 1.54) is 6.07 Å². The summed E-state index contributed by atoms with van der Waals surface area (Å²) < 4.78 is 13.3. The summed E-state index contributed by atoms with van der Waals surface area (Å²) in [7, 11) is 3.73. The van der Waals surface area contributed by atoms with Crippen molar-refractivity contribution in [2.24, 2.45) is 4.99 Å². The average molecular weight is 378 g/mol. The zero-order chi connectivity index (χ0) is 18.9. The van der Waals surface area contributed by atoms with E-state index in [4.69, 9.17) is 0 Å². The first-order valence-corrected chi connectivity index (χ1v) is 9.73.